The van der Waals surface area contributed by atoms with E-state index in [4.69, 9.17) is 4.74 Å². The van der Waals surface area contributed by atoms with Crippen LogP contribution in [0.4, 0.5) is 5.82 Å². The fourth-order valence-corrected chi connectivity index (χ4v) is 4.55. The number of anilines is 1. The number of benzene rings is 2. The van der Waals surface area contributed by atoms with Gasteiger partial charge < -0.3 is 24.8 Å². The van der Waals surface area contributed by atoms with Gasteiger partial charge in [-0.25, -0.2) is 4.98 Å². The van der Waals surface area contributed by atoms with Gasteiger partial charge in [0.1, 0.15) is 12.1 Å². The SMILES string of the molecule is CC(C)(C)C(=O)NC(COCc1ccccc1)C(=O)Nc1cn(C(C(=O)N2CCCCC2)c2ccccc2)cn1. The minimum atomic E-state index is -0.930. The van der Waals surface area contributed by atoms with Gasteiger partial charge in [-0.3, -0.25) is 14.4 Å². The molecule has 2 heterocycles. The molecular formula is C31H39N5O4. The van der Waals surface area contributed by atoms with E-state index in [1.54, 1.807) is 37.9 Å². The number of ether oxygens (including phenoxy) is 1. The molecule has 2 aromatic carbocycles. The molecule has 1 aromatic heterocycles. The van der Waals surface area contributed by atoms with Gasteiger partial charge in [0.25, 0.3) is 5.91 Å². The first-order valence-corrected chi connectivity index (χ1v) is 13.8. The number of carbonyl (C=O) groups excluding carboxylic acids is 3. The number of hydrogen-bond acceptors (Lipinski definition) is 5. The Bertz CT molecular complexity index is 1260. The molecule has 0 bridgehead atoms. The average molecular weight is 546 g/mol. The van der Waals surface area contributed by atoms with Crippen molar-refractivity contribution in [2.75, 3.05) is 25.0 Å². The molecule has 1 saturated heterocycles. The van der Waals surface area contributed by atoms with Crippen LogP contribution in [0.1, 0.15) is 57.2 Å². The number of amides is 3. The van der Waals surface area contributed by atoms with Gasteiger partial charge in [0, 0.05) is 24.7 Å². The van der Waals surface area contributed by atoms with E-state index < -0.39 is 23.4 Å². The molecule has 2 atom stereocenters. The smallest absolute Gasteiger partial charge is 0.250 e. The third-order valence-electron chi connectivity index (χ3n) is 6.87. The summed E-state index contributed by atoms with van der Waals surface area (Å²) in [4.78, 5) is 45.9. The number of likely N-dealkylation sites (tertiary alicyclic amines) is 1. The van der Waals surface area contributed by atoms with Crippen LogP contribution in [0.3, 0.4) is 0 Å². The Morgan fingerprint density at radius 3 is 2.25 bits per heavy atom. The minimum absolute atomic E-state index is 0.00538. The summed E-state index contributed by atoms with van der Waals surface area (Å²) in [6.07, 6.45) is 6.33. The Hall–Kier alpha value is -3.98. The minimum Gasteiger partial charge on any atom is -0.374 e. The highest BCUT2D eigenvalue weighted by atomic mass is 16.5. The maximum atomic E-state index is 13.6. The summed E-state index contributed by atoms with van der Waals surface area (Å²) in [6, 6.07) is 17.7. The zero-order chi connectivity index (χ0) is 28.5. The molecule has 0 radical (unpaired) electrons. The number of hydrogen-bond donors (Lipinski definition) is 2. The quantitative estimate of drug-likeness (QED) is 0.398. The highest BCUT2D eigenvalue weighted by Gasteiger charge is 2.30. The summed E-state index contributed by atoms with van der Waals surface area (Å²) in [5.74, 6) is -0.423. The molecule has 212 valence electrons. The maximum Gasteiger partial charge on any atom is 0.250 e. The van der Waals surface area contributed by atoms with Crippen LogP contribution in [-0.4, -0.2) is 57.9 Å². The second-order valence-electron chi connectivity index (χ2n) is 11.2. The molecule has 1 fully saturated rings. The summed E-state index contributed by atoms with van der Waals surface area (Å²) in [7, 11) is 0. The number of piperidine rings is 1. The zero-order valence-electron chi connectivity index (χ0n) is 23.5. The summed E-state index contributed by atoms with van der Waals surface area (Å²) >= 11 is 0. The third-order valence-corrected chi connectivity index (χ3v) is 6.87. The topological polar surface area (TPSA) is 106 Å². The predicted molar refractivity (Wildman–Crippen MR) is 153 cm³/mol. The number of imidazole rings is 1. The molecule has 2 unspecified atom stereocenters. The largest absolute Gasteiger partial charge is 0.374 e. The van der Waals surface area contributed by atoms with E-state index in [1.807, 2.05) is 65.6 Å². The number of carbonyl (C=O) groups is 3. The lowest BCUT2D eigenvalue weighted by Crippen LogP contribution is -2.50. The normalized spacial score (nSPS) is 15.2. The van der Waals surface area contributed by atoms with Crippen LogP contribution in [0.15, 0.2) is 73.2 Å². The van der Waals surface area contributed by atoms with Gasteiger partial charge in [-0.2, -0.15) is 0 Å². The third kappa shape index (κ3) is 7.79. The highest BCUT2D eigenvalue weighted by Crippen LogP contribution is 2.24. The van der Waals surface area contributed by atoms with E-state index in [0.29, 0.717) is 6.61 Å². The van der Waals surface area contributed by atoms with Gasteiger partial charge in [-0.05, 0) is 30.4 Å². The second-order valence-corrected chi connectivity index (χ2v) is 11.2. The standard InChI is InChI=1S/C31H39N5O4/c1-31(2,3)30(39)33-25(21-40-20-23-13-7-4-8-14-23)28(37)34-26-19-36(22-32-26)27(24-15-9-5-10-16-24)29(38)35-17-11-6-12-18-35/h4-5,7-10,13-16,19,22,25,27H,6,11-12,17-18,20-21H2,1-3H3,(H,33,39)(H,34,37). The average Bonchev–Trinajstić information content (AvgIpc) is 3.41. The summed E-state index contributed by atoms with van der Waals surface area (Å²) < 4.78 is 7.54. The van der Waals surface area contributed by atoms with Crippen LogP contribution in [0.5, 0.6) is 0 Å². The van der Waals surface area contributed by atoms with Gasteiger partial charge in [0.2, 0.25) is 11.8 Å². The van der Waals surface area contributed by atoms with Crippen molar-refractivity contribution in [3.63, 3.8) is 0 Å². The fourth-order valence-electron chi connectivity index (χ4n) is 4.55. The van der Waals surface area contributed by atoms with Crippen molar-refractivity contribution in [3.8, 4) is 0 Å². The molecular weight excluding hydrogens is 506 g/mol. The molecule has 1 aliphatic rings. The molecule has 0 spiro atoms. The molecule has 0 aliphatic carbocycles. The predicted octanol–water partition coefficient (Wildman–Crippen LogP) is 4.17. The van der Waals surface area contributed by atoms with E-state index in [9.17, 15) is 14.4 Å². The van der Waals surface area contributed by atoms with Crippen molar-refractivity contribution in [2.24, 2.45) is 5.41 Å². The van der Waals surface area contributed by atoms with Gasteiger partial charge >= 0.3 is 0 Å². The first-order chi connectivity index (χ1) is 19.2. The van der Waals surface area contributed by atoms with E-state index in [-0.39, 0.29) is 24.2 Å². The lowest BCUT2D eigenvalue weighted by atomic mass is 9.95. The van der Waals surface area contributed by atoms with E-state index >= 15 is 0 Å². The molecule has 40 heavy (non-hydrogen) atoms. The number of aromatic nitrogens is 2. The van der Waals surface area contributed by atoms with E-state index in [2.05, 4.69) is 15.6 Å². The Kier molecular flexibility index (Phi) is 9.71. The van der Waals surface area contributed by atoms with Crippen LogP contribution >= 0.6 is 0 Å². The van der Waals surface area contributed by atoms with Crippen molar-refractivity contribution in [1.29, 1.82) is 0 Å². The first kappa shape index (κ1) is 29.0. The Morgan fingerprint density at radius 1 is 0.950 bits per heavy atom. The van der Waals surface area contributed by atoms with Crippen molar-refractivity contribution < 1.29 is 19.1 Å². The lowest BCUT2D eigenvalue weighted by Gasteiger charge is -2.31. The zero-order valence-corrected chi connectivity index (χ0v) is 23.5. The number of rotatable bonds is 10. The molecule has 9 nitrogen and oxygen atoms in total. The Morgan fingerprint density at radius 2 is 1.60 bits per heavy atom. The molecule has 1 aliphatic heterocycles. The van der Waals surface area contributed by atoms with E-state index in [1.165, 1.54) is 0 Å². The number of nitrogens with zero attached hydrogens (tertiary/aromatic N) is 3. The molecule has 0 saturated carbocycles. The molecule has 9 heteroatoms. The van der Waals surface area contributed by atoms with Crippen molar-refractivity contribution in [2.45, 2.75) is 58.7 Å². The molecule has 2 N–H and O–H groups in total. The molecule has 4 rings (SSSR count). The van der Waals surface area contributed by atoms with Gasteiger partial charge in [0.05, 0.1) is 19.5 Å². The molecule has 3 amide bonds. The summed E-state index contributed by atoms with van der Waals surface area (Å²) in [5.41, 5.74) is 1.13. The van der Waals surface area contributed by atoms with Crippen LogP contribution < -0.4 is 10.6 Å². The first-order valence-electron chi connectivity index (χ1n) is 13.8. The van der Waals surface area contributed by atoms with Crippen LogP contribution in [0.25, 0.3) is 0 Å². The summed E-state index contributed by atoms with van der Waals surface area (Å²) in [6.45, 7) is 7.12. The number of nitrogens with one attached hydrogen (secondary N) is 2. The van der Waals surface area contributed by atoms with Crippen LogP contribution in [-0.2, 0) is 25.7 Å². The monoisotopic (exact) mass is 545 g/mol. The van der Waals surface area contributed by atoms with Crippen LogP contribution in [0.2, 0.25) is 0 Å². The van der Waals surface area contributed by atoms with Crippen molar-refractivity contribution >= 4 is 23.5 Å². The van der Waals surface area contributed by atoms with E-state index in [0.717, 1.165) is 43.5 Å². The Balaban J connectivity index is 1.49. The highest BCUT2D eigenvalue weighted by molar-refractivity contribution is 5.97. The van der Waals surface area contributed by atoms with Crippen molar-refractivity contribution in [1.82, 2.24) is 19.8 Å². The van der Waals surface area contributed by atoms with Gasteiger partial charge in [-0.15, -0.1) is 0 Å². The fraction of sp³-hybridized carbons (Fsp3) is 0.419. The lowest BCUT2D eigenvalue weighted by molar-refractivity contribution is -0.134. The maximum absolute atomic E-state index is 13.6. The second kappa shape index (κ2) is 13.4. The van der Waals surface area contributed by atoms with Gasteiger partial charge in [-0.1, -0.05) is 81.4 Å². The summed E-state index contributed by atoms with van der Waals surface area (Å²) in [5, 5.41) is 5.61. The van der Waals surface area contributed by atoms with Crippen molar-refractivity contribution in [3.05, 3.63) is 84.3 Å². The molecule has 3 aromatic rings. The van der Waals surface area contributed by atoms with Gasteiger partial charge in [0.15, 0.2) is 5.82 Å². The Labute approximate surface area is 235 Å². The van der Waals surface area contributed by atoms with Crippen LogP contribution in [0, 0.1) is 5.41 Å².